The molecule has 0 bridgehead atoms. The molecule has 2 fully saturated rings. The van der Waals surface area contributed by atoms with Crippen molar-refractivity contribution in [2.24, 2.45) is 0 Å². The molecule has 0 nitrogen and oxygen atoms in total. The summed E-state index contributed by atoms with van der Waals surface area (Å²) in [4.78, 5) is 0. The molecule has 2 heteroatoms. The Hall–Kier alpha value is -1.29. The van der Waals surface area contributed by atoms with E-state index in [0.717, 1.165) is 5.56 Å². The summed E-state index contributed by atoms with van der Waals surface area (Å²) in [6, 6.07) is 32.4. The fourth-order valence-corrected chi connectivity index (χ4v) is 4.53. The summed E-state index contributed by atoms with van der Waals surface area (Å²) in [5.74, 6) is 3.58. The van der Waals surface area contributed by atoms with Crippen LogP contribution in [0.3, 0.4) is 0 Å². The molecular formula is C30H25PZr+2. The molecule has 0 N–H and O–H groups in total. The number of hydrogen-bond donors (Lipinski definition) is 0. The van der Waals surface area contributed by atoms with Crippen molar-refractivity contribution in [1.82, 2.24) is 0 Å². The van der Waals surface area contributed by atoms with Crippen LogP contribution in [0.25, 0.3) is 6.08 Å². The van der Waals surface area contributed by atoms with Gasteiger partial charge < -0.3 is 11.6 Å². The Bertz CT molecular complexity index is 773. The van der Waals surface area contributed by atoms with E-state index < -0.39 is 7.92 Å². The fourth-order valence-electron chi connectivity index (χ4n) is 2.72. The van der Waals surface area contributed by atoms with Crippen LogP contribution >= 0.6 is 7.92 Å². The molecule has 0 spiro atoms. The first-order valence-electron chi connectivity index (χ1n) is 10.2. The Labute approximate surface area is 216 Å². The van der Waals surface area contributed by atoms with E-state index in [1.807, 2.05) is 88.5 Å². The molecule has 152 valence electrons. The minimum Gasteiger partial charge on any atom is -0.308 e. The van der Waals surface area contributed by atoms with Crippen molar-refractivity contribution in [2.75, 3.05) is 0 Å². The first-order valence-corrected chi connectivity index (χ1v) is 11.6. The maximum absolute atomic E-state index is 3.58. The van der Waals surface area contributed by atoms with Crippen molar-refractivity contribution in [1.29, 1.82) is 0 Å². The molecule has 0 aromatic heterocycles. The van der Waals surface area contributed by atoms with Gasteiger partial charge in [0.15, 0.2) is 0 Å². The Morgan fingerprint density at radius 1 is 0.531 bits per heavy atom. The van der Waals surface area contributed by atoms with Crippen LogP contribution in [-0.4, -0.2) is 0 Å². The molecule has 0 saturated heterocycles. The van der Waals surface area contributed by atoms with Crippen molar-refractivity contribution in [3.8, 4) is 0 Å². The van der Waals surface area contributed by atoms with Crippen LogP contribution in [0, 0.1) is 76.1 Å². The summed E-state index contributed by atoms with van der Waals surface area (Å²) in [6.45, 7) is 0. The van der Waals surface area contributed by atoms with Gasteiger partial charge in [-0.25, -0.2) is 12.1 Å². The van der Waals surface area contributed by atoms with Crippen LogP contribution in [0.15, 0.2) is 84.9 Å². The second kappa shape index (κ2) is 17.2. The van der Waals surface area contributed by atoms with E-state index in [2.05, 4.69) is 78.6 Å². The zero-order valence-electron chi connectivity index (χ0n) is 17.9. The van der Waals surface area contributed by atoms with Gasteiger partial charge in [0.25, 0.3) is 0 Å². The molecule has 3 aromatic carbocycles. The van der Waals surface area contributed by atoms with Crippen LogP contribution in [-0.2, 0) is 26.2 Å². The summed E-state index contributed by atoms with van der Waals surface area (Å²) in [6.07, 6.45) is 22.0. The third-order valence-electron chi connectivity index (χ3n) is 4.22. The molecule has 3 aromatic rings. The average Bonchev–Trinajstić information content (AvgIpc) is 3.61. The maximum atomic E-state index is 3.58. The number of hydrogen-bond acceptors (Lipinski definition) is 0. The van der Waals surface area contributed by atoms with Crippen molar-refractivity contribution in [2.45, 2.75) is 0 Å². The normalized spacial score (nSPS) is 14.8. The topological polar surface area (TPSA) is 0 Å². The first kappa shape index (κ1) is 27.0. The number of rotatable bonds is 4. The largest absolute Gasteiger partial charge is 4.00 e. The molecule has 0 amide bonds. The molecule has 5 rings (SSSR count). The molecule has 2 aliphatic carbocycles. The molecule has 0 heterocycles. The second-order valence-electron chi connectivity index (χ2n) is 6.52. The molecule has 0 atom stereocenters. The molecule has 2 saturated carbocycles. The quantitative estimate of drug-likeness (QED) is 0.282. The monoisotopic (exact) mass is 506 g/mol. The zero-order valence-corrected chi connectivity index (χ0v) is 21.2. The van der Waals surface area contributed by atoms with E-state index in [1.165, 1.54) is 10.6 Å². The van der Waals surface area contributed by atoms with E-state index in [1.54, 1.807) is 0 Å². The van der Waals surface area contributed by atoms with E-state index in [4.69, 9.17) is 0 Å². The smallest absolute Gasteiger partial charge is 0.308 e. The van der Waals surface area contributed by atoms with E-state index in [9.17, 15) is 0 Å². The molecule has 2 aliphatic rings. The van der Waals surface area contributed by atoms with Gasteiger partial charge >= 0.3 is 26.2 Å². The predicted molar refractivity (Wildman–Crippen MR) is 135 cm³/mol. The van der Waals surface area contributed by atoms with Gasteiger partial charge in [0, 0.05) is 0 Å². The van der Waals surface area contributed by atoms with Gasteiger partial charge in [0.2, 0.25) is 0 Å². The Morgan fingerprint density at radius 2 is 0.938 bits per heavy atom. The van der Waals surface area contributed by atoms with Gasteiger partial charge in [-0.2, -0.15) is 12.1 Å². The molecule has 32 heavy (non-hydrogen) atoms. The Morgan fingerprint density at radius 3 is 1.31 bits per heavy atom. The van der Waals surface area contributed by atoms with Crippen molar-refractivity contribution < 1.29 is 26.2 Å². The summed E-state index contributed by atoms with van der Waals surface area (Å²) < 4.78 is 0. The third-order valence-corrected chi connectivity index (χ3v) is 6.24. The van der Waals surface area contributed by atoms with Gasteiger partial charge in [-0.05, 0) is 74.8 Å². The van der Waals surface area contributed by atoms with Crippen LogP contribution in [0.5, 0.6) is 0 Å². The van der Waals surface area contributed by atoms with Gasteiger partial charge in [-0.15, -0.1) is 14.0 Å². The molecule has 0 unspecified atom stereocenters. The minimum atomic E-state index is -0.600. The zero-order chi connectivity index (χ0) is 21.4. The fraction of sp³-hybridized carbons (Fsp3) is 0. The van der Waals surface area contributed by atoms with E-state index >= 15 is 0 Å². The summed E-state index contributed by atoms with van der Waals surface area (Å²) in [5.41, 5.74) is 1.07. The molecular weight excluding hydrogens is 483 g/mol. The van der Waals surface area contributed by atoms with Crippen molar-refractivity contribution in [3.63, 3.8) is 0 Å². The van der Waals surface area contributed by atoms with Crippen molar-refractivity contribution >= 4 is 24.6 Å². The predicted octanol–water partition coefficient (Wildman–Crippen LogP) is 6.43. The van der Waals surface area contributed by atoms with Gasteiger partial charge in [0.05, 0.1) is 0 Å². The SMILES string of the molecule is [C-](=Cc1[c-]cccc1)P(c1ccccc1)c1ccccc1.[CH]1[CH][CH][CH][CH]1.[CH]1[CH][CH][CH][CH]1.[Zr+4]. The van der Waals surface area contributed by atoms with Gasteiger partial charge in [-0.3, -0.25) is 5.82 Å². The van der Waals surface area contributed by atoms with E-state index in [-0.39, 0.29) is 26.2 Å². The Kier molecular flexibility index (Phi) is 14.5. The van der Waals surface area contributed by atoms with Crippen LogP contribution in [0.4, 0.5) is 0 Å². The van der Waals surface area contributed by atoms with Gasteiger partial charge in [0.1, 0.15) is 0 Å². The van der Waals surface area contributed by atoms with Crippen molar-refractivity contribution in [3.05, 3.63) is 167 Å². The second-order valence-corrected chi connectivity index (χ2v) is 8.48. The molecule has 0 aliphatic heterocycles. The van der Waals surface area contributed by atoms with Crippen LogP contribution in [0.2, 0.25) is 0 Å². The van der Waals surface area contributed by atoms with E-state index in [0.29, 0.717) is 0 Å². The average molecular weight is 508 g/mol. The first-order chi connectivity index (χ1) is 15.4. The number of benzene rings is 3. The molecule has 10 radical (unpaired) electrons. The summed E-state index contributed by atoms with van der Waals surface area (Å²) >= 11 is 0. The summed E-state index contributed by atoms with van der Waals surface area (Å²) in [7, 11) is -0.600. The van der Waals surface area contributed by atoms with Gasteiger partial charge in [-0.1, -0.05) is 60.7 Å². The minimum absolute atomic E-state index is 0. The van der Waals surface area contributed by atoms with Crippen LogP contribution in [0.1, 0.15) is 5.56 Å². The maximum Gasteiger partial charge on any atom is 4.00 e. The van der Waals surface area contributed by atoms with Crippen LogP contribution < -0.4 is 10.6 Å². The Balaban J connectivity index is 0.000000271. The standard InChI is InChI=1S/C20H15P.2C5H5.Zr/c1-4-10-18(11-5-1)16-17-21(19-12-6-2-7-13-19)20-14-8-3-9-15-20;2*1-2-4-5-3-1;/h1-10,12-16H;2*1-5H;/q-2;;;+4. The third kappa shape index (κ3) is 10.6. The summed E-state index contributed by atoms with van der Waals surface area (Å²) in [5, 5.41) is 2.62.